The number of hydrogen-bond acceptors (Lipinski definition) is 8. The third kappa shape index (κ3) is 3.14. The lowest BCUT2D eigenvalue weighted by atomic mass is 10.4. The van der Waals surface area contributed by atoms with E-state index in [1.165, 1.54) is 18.0 Å². The smallest absolute Gasteiger partial charge is 0.263 e. The number of rotatable bonds is 3. The molecular formula is C10H10ClN5O2S. The Morgan fingerprint density at radius 3 is 2.79 bits per heavy atom. The van der Waals surface area contributed by atoms with Crippen LogP contribution in [0.2, 0.25) is 5.28 Å². The van der Waals surface area contributed by atoms with E-state index < -0.39 is 0 Å². The molecule has 1 aliphatic heterocycles. The van der Waals surface area contributed by atoms with Gasteiger partial charge in [-0.25, -0.2) is 4.98 Å². The van der Waals surface area contributed by atoms with Crippen molar-refractivity contribution in [2.75, 3.05) is 31.2 Å². The summed E-state index contributed by atoms with van der Waals surface area (Å²) in [5.74, 6) is 0.553. The van der Waals surface area contributed by atoms with Gasteiger partial charge >= 0.3 is 0 Å². The summed E-state index contributed by atoms with van der Waals surface area (Å²) in [4.78, 5) is 18.6. The third-order valence-electron chi connectivity index (χ3n) is 2.46. The minimum Gasteiger partial charge on any atom is -0.440 e. The standard InChI is InChI=1S/C10H10ClN5O2S/c11-7-13-8(16-2-5-17-6-3-16)15-9(14-7)19-10-12-1-4-18-10/h1,4H,2-3,5-6H2. The van der Waals surface area contributed by atoms with Gasteiger partial charge in [0.1, 0.15) is 6.26 Å². The van der Waals surface area contributed by atoms with Crippen LogP contribution in [0.3, 0.4) is 0 Å². The molecule has 1 aliphatic rings. The van der Waals surface area contributed by atoms with Crippen LogP contribution < -0.4 is 4.90 Å². The lowest BCUT2D eigenvalue weighted by Crippen LogP contribution is -2.37. The summed E-state index contributed by atoms with van der Waals surface area (Å²) >= 11 is 7.13. The summed E-state index contributed by atoms with van der Waals surface area (Å²) in [5.41, 5.74) is 0. The summed E-state index contributed by atoms with van der Waals surface area (Å²) in [7, 11) is 0. The zero-order valence-electron chi connectivity index (χ0n) is 9.82. The molecular weight excluding hydrogens is 290 g/mol. The van der Waals surface area contributed by atoms with Crippen molar-refractivity contribution in [3.63, 3.8) is 0 Å². The average molecular weight is 300 g/mol. The van der Waals surface area contributed by atoms with Gasteiger partial charge in [-0.2, -0.15) is 15.0 Å². The number of oxazole rings is 1. The molecule has 0 spiro atoms. The molecule has 0 bridgehead atoms. The molecule has 0 unspecified atom stereocenters. The first-order chi connectivity index (χ1) is 9.31. The van der Waals surface area contributed by atoms with Crippen molar-refractivity contribution in [3.05, 3.63) is 17.7 Å². The molecule has 9 heteroatoms. The maximum absolute atomic E-state index is 5.92. The van der Waals surface area contributed by atoms with E-state index in [1.807, 2.05) is 4.90 Å². The second-order valence-corrected chi connectivity index (χ2v) is 4.94. The van der Waals surface area contributed by atoms with Crippen molar-refractivity contribution in [3.8, 4) is 0 Å². The highest BCUT2D eigenvalue weighted by molar-refractivity contribution is 7.98. The van der Waals surface area contributed by atoms with E-state index in [0.717, 1.165) is 13.1 Å². The van der Waals surface area contributed by atoms with Crippen LogP contribution in [0.1, 0.15) is 0 Å². The summed E-state index contributed by atoms with van der Waals surface area (Å²) in [6.07, 6.45) is 3.06. The Bertz CT molecular complexity index is 547. The number of ether oxygens (including phenoxy) is 1. The Labute approximate surface area is 118 Å². The SMILES string of the molecule is Clc1nc(Sc2ncco2)nc(N2CCOCC2)n1. The van der Waals surface area contributed by atoms with Gasteiger partial charge in [0.25, 0.3) is 5.22 Å². The maximum atomic E-state index is 5.92. The molecule has 0 amide bonds. The highest BCUT2D eigenvalue weighted by Crippen LogP contribution is 2.25. The molecule has 0 atom stereocenters. The van der Waals surface area contributed by atoms with E-state index >= 15 is 0 Å². The molecule has 0 N–H and O–H groups in total. The maximum Gasteiger partial charge on any atom is 0.263 e. The summed E-state index contributed by atoms with van der Waals surface area (Å²) < 4.78 is 10.4. The molecule has 7 nitrogen and oxygen atoms in total. The first kappa shape index (κ1) is 12.6. The quantitative estimate of drug-likeness (QED) is 0.844. The molecule has 0 aliphatic carbocycles. The predicted molar refractivity (Wildman–Crippen MR) is 68.5 cm³/mol. The van der Waals surface area contributed by atoms with E-state index in [2.05, 4.69) is 19.9 Å². The normalized spacial score (nSPS) is 15.7. The van der Waals surface area contributed by atoms with E-state index in [4.69, 9.17) is 20.8 Å². The van der Waals surface area contributed by atoms with Gasteiger partial charge < -0.3 is 14.1 Å². The van der Waals surface area contributed by atoms with Gasteiger partial charge in [-0.3, -0.25) is 0 Å². The second-order valence-electron chi connectivity index (χ2n) is 3.69. The van der Waals surface area contributed by atoms with Crippen molar-refractivity contribution in [1.29, 1.82) is 0 Å². The molecule has 2 aromatic rings. The fourth-order valence-electron chi connectivity index (χ4n) is 1.61. The van der Waals surface area contributed by atoms with Crippen LogP contribution in [-0.2, 0) is 4.74 Å². The van der Waals surface area contributed by atoms with E-state index in [-0.39, 0.29) is 5.28 Å². The molecule has 3 heterocycles. The fraction of sp³-hybridized carbons (Fsp3) is 0.400. The number of aromatic nitrogens is 4. The zero-order valence-corrected chi connectivity index (χ0v) is 11.4. The minimum atomic E-state index is 0.158. The molecule has 1 fully saturated rings. The summed E-state index contributed by atoms with van der Waals surface area (Å²) in [6.45, 7) is 2.80. The number of hydrogen-bond donors (Lipinski definition) is 0. The monoisotopic (exact) mass is 299 g/mol. The Balaban J connectivity index is 1.82. The van der Waals surface area contributed by atoms with E-state index in [1.54, 1.807) is 6.20 Å². The van der Waals surface area contributed by atoms with Crippen LogP contribution in [0.15, 0.2) is 27.3 Å². The first-order valence-corrected chi connectivity index (χ1v) is 6.82. The first-order valence-electron chi connectivity index (χ1n) is 5.63. The van der Waals surface area contributed by atoms with Crippen LogP contribution in [-0.4, -0.2) is 46.2 Å². The van der Waals surface area contributed by atoms with Crippen molar-refractivity contribution in [2.45, 2.75) is 10.4 Å². The summed E-state index contributed by atoms with van der Waals surface area (Å²) in [5, 5.41) is 1.09. The lowest BCUT2D eigenvalue weighted by molar-refractivity contribution is 0.122. The van der Waals surface area contributed by atoms with Crippen molar-refractivity contribution < 1.29 is 9.15 Å². The van der Waals surface area contributed by atoms with E-state index in [9.17, 15) is 0 Å². The third-order valence-corrected chi connectivity index (χ3v) is 3.37. The van der Waals surface area contributed by atoms with Crippen LogP contribution in [0.5, 0.6) is 0 Å². The van der Waals surface area contributed by atoms with Crippen LogP contribution in [0.4, 0.5) is 5.95 Å². The van der Waals surface area contributed by atoms with Gasteiger partial charge in [0.15, 0.2) is 0 Å². The van der Waals surface area contributed by atoms with Crippen molar-refractivity contribution in [2.24, 2.45) is 0 Å². The van der Waals surface area contributed by atoms with E-state index in [0.29, 0.717) is 29.5 Å². The van der Waals surface area contributed by atoms with Gasteiger partial charge in [-0.1, -0.05) is 0 Å². The minimum absolute atomic E-state index is 0.158. The molecule has 0 saturated carbocycles. The van der Waals surface area contributed by atoms with Gasteiger partial charge in [-0.05, 0) is 11.6 Å². The van der Waals surface area contributed by atoms with Gasteiger partial charge in [-0.15, -0.1) is 0 Å². The molecule has 2 aromatic heterocycles. The summed E-state index contributed by atoms with van der Waals surface area (Å²) in [6, 6.07) is 0. The van der Waals surface area contributed by atoms with Crippen LogP contribution in [0.25, 0.3) is 0 Å². The Morgan fingerprint density at radius 1 is 1.21 bits per heavy atom. The fourth-order valence-corrected chi connectivity index (χ4v) is 2.45. The highest BCUT2D eigenvalue weighted by atomic mass is 35.5. The van der Waals surface area contributed by atoms with Gasteiger partial charge in [0.2, 0.25) is 16.4 Å². The predicted octanol–water partition coefficient (Wildman–Crippen LogP) is 1.50. The highest BCUT2D eigenvalue weighted by Gasteiger charge is 2.17. The van der Waals surface area contributed by atoms with Crippen LogP contribution >= 0.6 is 23.4 Å². The average Bonchev–Trinajstić information content (AvgIpc) is 2.92. The number of morpholine rings is 1. The number of anilines is 1. The largest absolute Gasteiger partial charge is 0.440 e. The van der Waals surface area contributed by atoms with Gasteiger partial charge in [0.05, 0.1) is 19.4 Å². The van der Waals surface area contributed by atoms with Crippen LogP contribution in [0, 0.1) is 0 Å². The van der Waals surface area contributed by atoms with Crippen molar-refractivity contribution >= 4 is 29.3 Å². The second kappa shape index (κ2) is 5.72. The topological polar surface area (TPSA) is 77.2 Å². The molecule has 19 heavy (non-hydrogen) atoms. The van der Waals surface area contributed by atoms with Crippen molar-refractivity contribution in [1.82, 2.24) is 19.9 Å². The Kier molecular flexibility index (Phi) is 3.81. The lowest BCUT2D eigenvalue weighted by Gasteiger charge is -2.26. The molecule has 1 saturated heterocycles. The molecule has 3 rings (SSSR count). The Hall–Kier alpha value is -1.38. The molecule has 0 aromatic carbocycles. The molecule has 100 valence electrons. The number of nitrogens with zero attached hydrogens (tertiary/aromatic N) is 5. The number of halogens is 1. The molecule has 0 radical (unpaired) electrons. The van der Waals surface area contributed by atoms with Gasteiger partial charge in [0, 0.05) is 24.9 Å². The Morgan fingerprint density at radius 2 is 2.05 bits per heavy atom. The zero-order chi connectivity index (χ0) is 13.1.